The molecule has 0 fully saturated rings. The molecule has 0 atom stereocenters. The molecule has 0 aliphatic heterocycles. The molecule has 19 heavy (non-hydrogen) atoms. The molecule has 0 heterocycles. The second kappa shape index (κ2) is 8.16. The van der Waals surface area contributed by atoms with Crippen molar-refractivity contribution < 1.29 is 17.5 Å². The van der Waals surface area contributed by atoms with Crippen molar-refractivity contribution in [1.29, 1.82) is 0 Å². The van der Waals surface area contributed by atoms with Gasteiger partial charge in [0.2, 0.25) is 10.0 Å². The van der Waals surface area contributed by atoms with E-state index in [9.17, 15) is 12.8 Å². The lowest BCUT2D eigenvalue weighted by atomic mass is 10.3. The van der Waals surface area contributed by atoms with Crippen LogP contribution in [-0.2, 0) is 14.8 Å². The van der Waals surface area contributed by atoms with Gasteiger partial charge in [-0.05, 0) is 24.6 Å². The molecule has 0 radical (unpaired) electrons. The highest BCUT2D eigenvalue weighted by Gasteiger charge is 2.18. The average Bonchev–Trinajstić information content (AvgIpc) is 2.33. The number of sulfonamides is 1. The molecule has 1 aromatic carbocycles. The molecule has 4 nitrogen and oxygen atoms in total. The summed E-state index contributed by atoms with van der Waals surface area (Å²) in [7, 11) is -3.83. The summed E-state index contributed by atoms with van der Waals surface area (Å²) < 4.78 is 45.1. The molecule has 1 aromatic rings. The lowest BCUT2D eigenvalue weighted by molar-refractivity contribution is 0.147. The van der Waals surface area contributed by atoms with Gasteiger partial charge in [-0.25, -0.2) is 17.5 Å². The summed E-state index contributed by atoms with van der Waals surface area (Å²) in [5.41, 5.74) is 0. The number of benzene rings is 1. The van der Waals surface area contributed by atoms with Crippen LogP contribution in [0.5, 0.6) is 0 Å². The first-order chi connectivity index (χ1) is 8.97. The molecule has 0 bridgehead atoms. The van der Waals surface area contributed by atoms with Crippen LogP contribution in [-0.4, -0.2) is 34.1 Å². The van der Waals surface area contributed by atoms with Crippen LogP contribution in [0.4, 0.5) is 4.39 Å². The van der Waals surface area contributed by atoms with Gasteiger partial charge in [0.05, 0.1) is 6.61 Å². The van der Waals surface area contributed by atoms with E-state index in [1.807, 2.05) is 0 Å². The minimum absolute atomic E-state index is 0.181. The Bertz CT molecular complexity index is 513. The Balaban J connectivity index is 2.52. The second-order valence-electron chi connectivity index (χ2n) is 3.63. The van der Waals surface area contributed by atoms with Crippen LogP contribution < -0.4 is 4.72 Å². The van der Waals surface area contributed by atoms with Gasteiger partial charge in [0, 0.05) is 23.5 Å². The monoisotopic (exact) mass is 373 g/mol. The molecule has 0 saturated heterocycles. The van der Waals surface area contributed by atoms with Crippen LogP contribution in [0.3, 0.4) is 0 Å². The Morgan fingerprint density at radius 1 is 1.37 bits per heavy atom. The second-order valence-corrected chi connectivity index (χ2v) is 6.66. The van der Waals surface area contributed by atoms with Crippen molar-refractivity contribution in [2.24, 2.45) is 0 Å². The minimum Gasteiger partial charge on any atom is -0.380 e. The number of ether oxygens (including phenoxy) is 1. The maximum Gasteiger partial charge on any atom is 0.243 e. The van der Waals surface area contributed by atoms with E-state index in [1.54, 1.807) is 0 Å². The first-order valence-electron chi connectivity index (χ1n) is 5.56. The minimum atomic E-state index is -3.83. The van der Waals surface area contributed by atoms with E-state index in [0.29, 0.717) is 30.0 Å². The molecule has 0 aliphatic rings. The Morgan fingerprint density at radius 3 is 2.74 bits per heavy atom. The molecule has 0 aromatic heterocycles. The van der Waals surface area contributed by atoms with E-state index in [1.165, 1.54) is 12.1 Å². The Morgan fingerprint density at radius 2 is 2.11 bits per heavy atom. The van der Waals surface area contributed by atoms with E-state index in [2.05, 4.69) is 20.7 Å². The van der Waals surface area contributed by atoms with Crippen molar-refractivity contribution in [2.45, 2.75) is 11.3 Å². The van der Waals surface area contributed by atoms with Gasteiger partial charge in [0.1, 0.15) is 10.7 Å². The smallest absolute Gasteiger partial charge is 0.243 e. The van der Waals surface area contributed by atoms with Gasteiger partial charge in [-0.1, -0.05) is 15.9 Å². The third kappa shape index (κ3) is 5.74. The topological polar surface area (TPSA) is 55.4 Å². The van der Waals surface area contributed by atoms with Gasteiger partial charge in [-0.3, -0.25) is 0 Å². The fourth-order valence-electron chi connectivity index (χ4n) is 1.31. The molecular formula is C11H14BrClFNO3S. The standard InChI is InChI=1S/C11H14BrClFNO3S/c12-9-2-3-11(10(14)8-9)19(16,17)15-5-1-6-18-7-4-13/h2-3,8,15H,1,4-7H2. The number of hydrogen-bond donors (Lipinski definition) is 1. The molecule has 1 N–H and O–H groups in total. The van der Waals surface area contributed by atoms with E-state index in [0.717, 1.165) is 6.07 Å². The van der Waals surface area contributed by atoms with Crippen LogP contribution in [0.15, 0.2) is 27.6 Å². The number of rotatable bonds is 8. The van der Waals surface area contributed by atoms with Crippen molar-refractivity contribution in [1.82, 2.24) is 4.72 Å². The fraction of sp³-hybridized carbons (Fsp3) is 0.455. The fourth-order valence-corrected chi connectivity index (χ4v) is 2.88. The SMILES string of the molecule is O=S(=O)(NCCCOCCCl)c1ccc(Br)cc1F. The zero-order valence-electron chi connectivity index (χ0n) is 10.0. The van der Waals surface area contributed by atoms with Crippen molar-refractivity contribution in [3.8, 4) is 0 Å². The lowest BCUT2D eigenvalue weighted by Gasteiger charge is -2.08. The van der Waals surface area contributed by atoms with Crippen LogP contribution in [0.2, 0.25) is 0 Å². The zero-order valence-corrected chi connectivity index (χ0v) is 13.2. The van der Waals surface area contributed by atoms with Crippen LogP contribution in [0.25, 0.3) is 0 Å². The van der Waals surface area contributed by atoms with Crippen LogP contribution >= 0.6 is 27.5 Å². The van der Waals surface area contributed by atoms with E-state index >= 15 is 0 Å². The number of nitrogens with one attached hydrogen (secondary N) is 1. The summed E-state index contributed by atoms with van der Waals surface area (Å²) in [6.45, 7) is 1.01. The molecule has 8 heteroatoms. The van der Waals surface area contributed by atoms with Gasteiger partial charge in [0.25, 0.3) is 0 Å². The number of alkyl halides is 1. The van der Waals surface area contributed by atoms with Crippen molar-refractivity contribution in [2.75, 3.05) is 25.6 Å². The highest BCUT2D eigenvalue weighted by Crippen LogP contribution is 2.19. The first kappa shape index (κ1) is 16.8. The molecule has 1 rings (SSSR count). The van der Waals surface area contributed by atoms with Crippen molar-refractivity contribution in [3.63, 3.8) is 0 Å². The van der Waals surface area contributed by atoms with E-state index in [4.69, 9.17) is 16.3 Å². The highest BCUT2D eigenvalue weighted by atomic mass is 79.9. The molecular weight excluding hydrogens is 361 g/mol. The molecule has 0 amide bonds. The van der Waals surface area contributed by atoms with Gasteiger partial charge in [-0.2, -0.15) is 0 Å². The Kier molecular flexibility index (Phi) is 7.23. The van der Waals surface area contributed by atoms with Gasteiger partial charge < -0.3 is 4.74 Å². The van der Waals surface area contributed by atoms with Gasteiger partial charge >= 0.3 is 0 Å². The van der Waals surface area contributed by atoms with Crippen molar-refractivity contribution in [3.05, 3.63) is 28.5 Å². The van der Waals surface area contributed by atoms with Crippen LogP contribution in [0.1, 0.15) is 6.42 Å². The summed E-state index contributed by atoms with van der Waals surface area (Å²) in [5, 5.41) is 0. The van der Waals surface area contributed by atoms with Crippen molar-refractivity contribution >= 4 is 37.6 Å². The maximum absolute atomic E-state index is 13.5. The average molecular weight is 375 g/mol. The quantitative estimate of drug-likeness (QED) is 0.562. The maximum atomic E-state index is 13.5. The summed E-state index contributed by atoms with van der Waals surface area (Å²) in [5.74, 6) is -0.393. The third-order valence-electron chi connectivity index (χ3n) is 2.16. The van der Waals surface area contributed by atoms with Gasteiger partial charge in [-0.15, -0.1) is 11.6 Å². The predicted octanol–water partition coefficient (Wildman–Crippen LogP) is 2.51. The largest absolute Gasteiger partial charge is 0.380 e. The summed E-state index contributed by atoms with van der Waals surface area (Å²) in [4.78, 5) is -0.364. The molecule has 108 valence electrons. The predicted molar refractivity (Wildman–Crippen MR) is 75.4 cm³/mol. The van der Waals surface area contributed by atoms with E-state index < -0.39 is 15.8 Å². The summed E-state index contributed by atoms with van der Waals surface area (Å²) >= 11 is 8.48. The molecule has 0 spiro atoms. The zero-order chi connectivity index (χ0) is 14.3. The molecule has 0 unspecified atom stereocenters. The lowest BCUT2D eigenvalue weighted by Crippen LogP contribution is -2.26. The normalized spacial score (nSPS) is 11.7. The number of halogens is 3. The van der Waals surface area contributed by atoms with Gasteiger partial charge in [0.15, 0.2) is 0 Å². The van der Waals surface area contributed by atoms with E-state index in [-0.39, 0.29) is 11.4 Å². The molecule has 0 aliphatic carbocycles. The number of hydrogen-bond acceptors (Lipinski definition) is 3. The third-order valence-corrected chi connectivity index (χ3v) is 4.30. The molecule has 0 saturated carbocycles. The first-order valence-corrected chi connectivity index (χ1v) is 8.37. The highest BCUT2D eigenvalue weighted by molar-refractivity contribution is 9.10. The summed E-state index contributed by atoms with van der Waals surface area (Å²) in [6, 6.07) is 3.80. The van der Waals surface area contributed by atoms with Crippen LogP contribution in [0, 0.1) is 5.82 Å². The summed E-state index contributed by atoms with van der Waals surface area (Å²) in [6.07, 6.45) is 0.494. The Hall–Kier alpha value is -0.210. The Labute approximate surface area is 125 Å².